The van der Waals surface area contributed by atoms with Crippen LogP contribution < -0.4 is 11.1 Å². The van der Waals surface area contributed by atoms with Crippen LogP contribution in [-0.4, -0.2) is 59.8 Å². The SMILES string of the molecule is CCCOC1CCCN(C(=O)N[C@@H](CC(N)=O)C(=O)O)C1. The van der Waals surface area contributed by atoms with Crippen LogP contribution in [0.4, 0.5) is 4.79 Å². The van der Waals surface area contributed by atoms with Crippen molar-refractivity contribution >= 4 is 17.9 Å². The lowest BCUT2D eigenvalue weighted by atomic mass is 10.1. The van der Waals surface area contributed by atoms with E-state index in [0.717, 1.165) is 19.3 Å². The number of primary amides is 1. The lowest BCUT2D eigenvalue weighted by Gasteiger charge is -2.33. The summed E-state index contributed by atoms with van der Waals surface area (Å²) >= 11 is 0. The Hall–Kier alpha value is -1.83. The normalized spacial score (nSPS) is 19.9. The van der Waals surface area contributed by atoms with Gasteiger partial charge in [-0.2, -0.15) is 0 Å². The number of piperidine rings is 1. The van der Waals surface area contributed by atoms with Crippen molar-refractivity contribution < 1.29 is 24.2 Å². The lowest BCUT2D eigenvalue weighted by Crippen LogP contribution is -2.52. The number of hydrogen-bond acceptors (Lipinski definition) is 4. The first-order chi connectivity index (χ1) is 9.93. The molecule has 1 aliphatic heterocycles. The first-order valence-corrected chi connectivity index (χ1v) is 7.12. The molecule has 3 amide bonds. The van der Waals surface area contributed by atoms with E-state index in [0.29, 0.717) is 19.7 Å². The zero-order valence-electron chi connectivity index (χ0n) is 12.2. The van der Waals surface area contributed by atoms with Crippen LogP contribution in [0.3, 0.4) is 0 Å². The Bertz CT molecular complexity index is 388. The van der Waals surface area contributed by atoms with Gasteiger partial charge in [-0.25, -0.2) is 9.59 Å². The molecular formula is C13H23N3O5. The van der Waals surface area contributed by atoms with Gasteiger partial charge in [0.2, 0.25) is 5.91 Å². The second-order valence-corrected chi connectivity index (χ2v) is 5.09. The molecule has 0 aromatic rings. The van der Waals surface area contributed by atoms with Crippen LogP contribution in [-0.2, 0) is 14.3 Å². The van der Waals surface area contributed by atoms with Gasteiger partial charge in [-0.1, -0.05) is 6.92 Å². The van der Waals surface area contributed by atoms with Gasteiger partial charge < -0.3 is 25.8 Å². The van der Waals surface area contributed by atoms with Crippen molar-refractivity contribution in [3.63, 3.8) is 0 Å². The lowest BCUT2D eigenvalue weighted by molar-refractivity contribution is -0.141. The maximum atomic E-state index is 12.1. The van der Waals surface area contributed by atoms with E-state index < -0.39 is 30.4 Å². The Balaban J connectivity index is 2.52. The maximum absolute atomic E-state index is 12.1. The van der Waals surface area contributed by atoms with Crippen molar-refractivity contribution in [2.45, 2.75) is 44.8 Å². The van der Waals surface area contributed by atoms with Crippen LogP contribution in [0.15, 0.2) is 0 Å². The Labute approximate surface area is 123 Å². The smallest absolute Gasteiger partial charge is 0.326 e. The third kappa shape index (κ3) is 5.99. The number of nitrogens with two attached hydrogens (primary N) is 1. The van der Waals surface area contributed by atoms with E-state index in [9.17, 15) is 14.4 Å². The van der Waals surface area contributed by atoms with Crippen LogP contribution in [0.25, 0.3) is 0 Å². The van der Waals surface area contributed by atoms with Gasteiger partial charge in [-0.3, -0.25) is 4.79 Å². The molecule has 4 N–H and O–H groups in total. The van der Waals surface area contributed by atoms with E-state index in [2.05, 4.69) is 5.32 Å². The summed E-state index contributed by atoms with van der Waals surface area (Å²) in [4.78, 5) is 35.4. The Morgan fingerprint density at radius 1 is 1.48 bits per heavy atom. The minimum atomic E-state index is -1.30. The first kappa shape index (κ1) is 17.2. The molecule has 0 aromatic heterocycles. The fraction of sp³-hybridized carbons (Fsp3) is 0.769. The molecule has 1 saturated heterocycles. The molecular weight excluding hydrogens is 278 g/mol. The zero-order chi connectivity index (χ0) is 15.8. The van der Waals surface area contributed by atoms with Gasteiger partial charge in [0.15, 0.2) is 0 Å². The third-order valence-electron chi connectivity index (χ3n) is 3.22. The number of carboxylic acid groups (broad SMARTS) is 1. The highest BCUT2D eigenvalue weighted by atomic mass is 16.5. The molecule has 1 heterocycles. The quantitative estimate of drug-likeness (QED) is 0.607. The summed E-state index contributed by atoms with van der Waals surface area (Å²) in [7, 11) is 0. The first-order valence-electron chi connectivity index (χ1n) is 7.12. The second kappa shape index (κ2) is 8.46. The van der Waals surface area contributed by atoms with E-state index in [1.165, 1.54) is 4.90 Å². The van der Waals surface area contributed by atoms with Crippen molar-refractivity contribution in [3.8, 4) is 0 Å². The molecule has 1 rings (SSSR count). The highest BCUT2D eigenvalue weighted by molar-refractivity contribution is 5.87. The number of aliphatic carboxylic acids is 1. The number of nitrogens with zero attached hydrogens (tertiary/aromatic N) is 1. The molecule has 120 valence electrons. The molecule has 0 saturated carbocycles. The molecule has 2 atom stereocenters. The second-order valence-electron chi connectivity index (χ2n) is 5.09. The van der Waals surface area contributed by atoms with Crippen molar-refractivity contribution in [1.29, 1.82) is 0 Å². The molecule has 1 unspecified atom stereocenters. The highest BCUT2D eigenvalue weighted by Crippen LogP contribution is 2.13. The maximum Gasteiger partial charge on any atom is 0.326 e. The van der Waals surface area contributed by atoms with Crippen LogP contribution >= 0.6 is 0 Å². The predicted octanol–water partition coefficient (Wildman–Crippen LogP) is -0.0844. The van der Waals surface area contributed by atoms with Crippen molar-refractivity contribution in [1.82, 2.24) is 10.2 Å². The van der Waals surface area contributed by atoms with E-state index in [1.54, 1.807) is 0 Å². The Morgan fingerprint density at radius 2 is 2.19 bits per heavy atom. The fourth-order valence-electron chi connectivity index (χ4n) is 2.18. The van der Waals surface area contributed by atoms with Gasteiger partial charge in [0.1, 0.15) is 6.04 Å². The van der Waals surface area contributed by atoms with E-state index >= 15 is 0 Å². The average Bonchev–Trinajstić information content (AvgIpc) is 2.44. The molecule has 0 aromatic carbocycles. The molecule has 0 spiro atoms. The van der Waals surface area contributed by atoms with Gasteiger partial charge in [-0.15, -0.1) is 0 Å². The predicted molar refractivity (Wildman–Crippen MR) is 74.6 cm³/mol. The molecule has 1 fully saturated rings. The number of amides is 3. The van der Waals surface area contributed by atoms with Gasteiger partial charge in [-0.05, 0) is 19.3 Å². The van der Waals surface area contributed by atoms with Crippen molar-refractivity contribution in [2.75, 3.05) is 19.7 Å². The van der Waals surface area contributed by atoms with Gasteiger partial charge in [0.25, 0.3) is 0 Å². The molecule has 8 nitrogen and oxygen atoms in total. The number of carboxylic acids is 1. The summed E-state index contributed by atoms with van der Waals surface area (Å²) in [5.74, 6) is -2.05. The van der Waals surface area contributed by atoms with E-state index in [-0.39, 0.29) is 6.10 Å². The number of carbonyl (C=O) groups is 3. The number of hydrogen-bond donors (Lipinski definition) is 3. The molecule has 0 aliphatic carbocycles. The van der Waals surface area contributed by atoms with Gasteiger partial charge >= 0.3 is 12.0 Å². The zero-order valence-corrected chi connectivity index (χ0v) is 12.2. The minimum Gasteiger partial charge on any atom is -0.480 e. The van der Waals surface area contributed by atoms with Crippen LogP contribution in [0.5, 0.6) is 0 Å². The number of rotatable bonds is 7. The summed E-state index contributed by atoms with van der Waals surface area (Å²) in [5, 5.41) is 11.3. The van der Waals surface area contributed by atoms with E-state index in [4.69, 9.17) is 15.6 Å². The standard InChI is InChI=1S/C13H23N3O5/c1-2-6-21-9-4-3-5-16(8-9)13(20)15-10(12(18)19)7-11(14)17/h9-10H,2-8H2,1H3,(H2,14,17)(H,15,20)(H,18,19)/t9?,10-/m0/s1. The number of urea groups is 1. The third-order valence-corrected chi connectivity index (χ3v) is 3.22. The topological polar surface area (TPSA) is 122 Å². The number of nitrogens with one attached hydrogen (secondary N) is 1. The largest absolute Gasteiger partial charge is 0.480 e. The van der Waals surface area contributed by atoms with Crippen molar-refractivity contribution in [2.24, 2.45) is 5.73 Å². The van der Waals surface area contributed by atoms with E-state index in [1.807, 2.05) is 6.92 Å². The van der Waals surface area contributed by atoms with Crippen molar-refractivity contribution in [3.05, 3.63) is 0 Å². The Kier molecular flexibility index (Phi) is 6.93. The summed E-state index contributed by atoms with van der Waals surface area (Å²) in [6.45, 7) is 3.61. The van der Waals surface area contributed by atoms with Gasteiger partial charge in [0, 0.05) is 19.7 Å². The van der Waals surface area contributed by atoms with Crippen LogP contribution in [0.2, 0.25) is 0 Å². The fourth-order valence-corrected chi connectivity index (χ4v) is 2.18. The Morgan fingerprint density at radius 3 is 2.76 bits per heavy atom. The van der Waals surface area contributed by atoms with Crippen LogP contribution in [0, 0.1) is 0 Å². The summed E-state index contributed by atoms with van der Waals surface area (Å²) in [5.41, 5.74) is 4.98. The van der Waals surface area contributed by atoms with Crippen LogP contribution in [0.1, 0.15) is 32.6 Å². The number of likely N-dealkylation sites (tertiary alicyclic amines) is 1. The molecule has 0 radical (unpaired) electrons. The number of carbonyl (C=O) groups excluding carboxylic acids is 2. The molecule has 1 aliphatic rings. The summed E-state index contributed by atoms with van der Waals surface area (Å²) in [6, 6.07) is -1.81. The minimum absolute atomic E-state index is 0.0242. The monoisotopic (exact) mass is 301 g/mol. The highest BCUT2D eigenvalue weighted by Gasteiger charge is 2.28. The average molecular weight is 301 g/mol. The molecule has 0 bridgehead atoms. The summed E-state index contributed by atoms with van der Waals surface area (Å²) in [6.07, 6.45) is 2.14. The molecule has 21 heavy (non-hydrogen) atoms. The number of ether oxygens (including phenoxy) is 1. The van der Waals surface area contributed by atoms with Gasteiger partial charge in [0.05, 0.1) is 12.5 Å². The summed E-state index contributed by atoms with van der Waals surface area (Å²) < 4.78 is 5.62. The molecule has 8 heteroatoms.